The van der Waals surface area contributed by atoms with Crippen LogP contribution in [0.2, 0.25) is 0 Å². The highest BCUT2D eigenvalue weighted by molar-refractivity contribution is 5.29. The van der Waals surface area contributed by atoms with Gasteiger partial charge in [-0.25, -0.2) is 4.39 Å². The van der Waals surface area contributed by atoms with E-state index in [1.54, 1.807) is 12.1 Å². The van der Waals surface area contributed by atoms with Crippen molar-refractivity contribution >= 4 is 0 Å². The van der Waals surface area contributed by atoms with Crippen LogP contribution < -0.4 is 5.32 Å². The first-order chi connectivity index (χ1) is 7.28. The van der Waals surface area contributed by atoms with Gasteiger partial charge in [-0.3, -0.25) is 0 Å². The first-order valence-corrected chi connectivity index (χ1v) is 5.82. The van der Waals surface area contributed by atoms with E-state index in [9.17, 15) is 4.39 Å². The van der Waals surface area contributed by atoms with Crippen LogP contribution in [-0.4, -0.2) is 6.04 Å². The Morgan fingerprint density at radius 2 is 1.93 bits per heavy atom. The summed E-state index contributed by atoms with van der Waals surface area (Å²) < 4.78 is 12.9. The smallest absolute Gasteiger partial charge is 0.123 e. The van der Waals surface area contributed by atoms with Crippen molar-refractivity contribution in [2.45, 2.75) is 43.7 Å². The fourth-order valence-corrected chi connectivity index (χ4v) is 3.07. The van der Waals surface area contributed by atoms with Crippen LogP contribution in [0.4, 0.5) is 4.39 Å². The standard InChI is InChI=1S/C13H16FN/c14-11-6-4-10(5-7-11)13-8-2-1-3-12(9-13)15-13/h4-7,12,15H,1-3,8-9H2. The molecule has 2 saturated heterocycles. The highest BCUT2D eigenvalue weighted by Gasteiger charge is 2.45. The zero-order chi connectivity index (χ0) is 10.3. The summed E-state index contributed by atoms with van der Waals surface area (Å²) >= 11 is 0. The lowest BCUT2D eigenvalue weighted by molar-refractivity contribution is 0.138. The van der Waals surface area contributed by atoms with E-state index >= 15 is 0 Å². The zero-order valence-electron chi connectivity index (χ0n) is 8.80. The van der Waals surface area contributed by atoms with Gasteiger partial charge < -0.3 is 5.32 Å². The van der Waals surface area contributed by atoms with Crippen LogP contribution in [0, 0.1) is 5.82 Å². The van der Waals surface area contributed by atoms with Crippen LogP contribution in [0.3, 0.4) is 0 Å². The van der Waals surface area contributed by atoms with Crippen LogP contribution in [0.1, 0.15) is 37.7 Å². The van der Waals surface area contributed by atoms with Crippen molar-refractivity contribution in [1.29, 1.82) is 0 Å². The molecule has 0 spiro atoms. The topological polar surface area (TPSA) is 12.0 Å². The number of hydrogen-bond donors (Lipinski definition) is 1. The quantitative estimate of drug-likeness (QED) is 0.743. The van der Waals surface area contributed by atoms with Gasteiger partial charge in [-0.15, -0.1) is 0 Å². The average Bonchev–Trinajstić information content (AvgIpc) is 2.51. The second-order valence-electron chi connectivity index (χ2n) is 4.88. The minimum absolute atomic E-state index is 0.139. The van der Waals surface area contributed by atoms with Gasteiger partial charge in [0.25, 0.3) is 0 Å². The molecule has 2 heterocycles. The summed E-state index contributed by atoms with van der Waals surface area (Å²) in [5.41, 5.74) is 1.44. The van der Waals surface area contributed by atoms with Gasteiger partial charge in [0.1, 0.15) is 5.82 Å². The summed E-state index contributed by atoms with van der Waals surface area (Å²) in [6.07, 6.45) is 6.37. The molecule has 1 aromatic carbocycles. The van der Waals surface area contributed by atoms with Gasteiger partial charge in [-0.05, 0) is 37.0 Å². The first-order valence-electron chi connectivity index (χ1n) is 5.82. The van der Waals surface area contributed by atoms with Crippen molar-refractivity contribution in [2.75, 3.05) is 0 Å². The minimum atomic E-state index is -0.139. The molecule has 15 heavy (non-hydrogen) atoms. The van der Waals surface area contributed by atoms with Crippen molar-refractivity contribution in [3.05, 3.63) is 35.6 Å². The Hall–Kier alpha value is -0.890. The molecule has 0 amide bonds. The van der Waals surface area contributed by atoms with E-state index in [1.807, 2.05) is 12.1 Å². The van der Waals surface area contributed by atoms with E-state index in [4.69, 9.17) is 0 Å². The van der Waals surface area contributed by atoms with Crippen LogP contribution >= 0.6 is 0 Å². The summed E-state index contributed by atoms with van der Waals surface area (Å²) in [4.78, 5) is 0. The van der Waals surface area contributed by atoms with Gasteiger partial charge in [0.2, 0.25) is 0 Å². The van der Waals surface area contributed by atoms with Crippen LogP contribution in [0.5, 0.6) is 0 Å². The van der Waals surface area contributed by atoms with Crippen molar-refractivity contribution in [1.82, 2.24) is 5.32 Å². The van der Waals surface area contributed by atoms with Gasteiger partial charge in [0.05, 0.1) is 0 Å². The Labute approximate surface area is 89.7 Å². The molecular weight excluding hydrogens is 189 g/mol. The maximum atomic E-state index is 12.9. The fraction of sp³-hybridized carbons (Fsp3) is 0.538. The highest BCUT2D eigenvalue weighted by atomic mass is 19.1. The van der Waals surface area contributed by atoms with Crippen molar-refractivity contribution in [3.63, 3.8) is 0 Å². The highest BCUT2D eigenvalue weighted by Crippen LogP contribution is 2.43. The van der Waals surface area contributed by atoms with E-state index in [0.29, 0.717) is 6.04 Å². The minimum Gasteiger partial charge on any atom is -0.304 e. The lowest BCUT2D eigenvalue weighted by Gasteiger charge is -2.48. The number of benzene rings is 1. The second-order valence-corrected chi connectivity index (χ2v) is 4.88. The van der Waals surface area contributed by atoms with E-state index in [2.05, 4.69) is 5.32 Å². The summed E-state index contributed by atoms with van der Waals surface area (Å²) in [5, 5.41) is 3.67. The van der Waals surface area contributed by atoms with Gasteiger partial charge in [-0.1, -0.05) is 25.0 Å². The number of nitrogens with one attached hydrogen (secondary N) is 1. The van der Waals surface area contributed by atoms with E-state index in [0.717, 1.165) is 0 Å². The molecule has 2 unspecified atom stereocenters. The van der Waals surface area contributed by atoms with Gasteiger partial charge in [-0.2, -0.15) is 0 Å². The molecule has 2 atom stereocenters. The SMILES string of the molecule is Fc1ccc(C23CCCCC(C2)N3)cc1. The maximum Gasteiger partial charge on any atom is 0.123 e. The maximum absolute atomic E-state index is 12.9. The number of fused-ring (bicyclic) bond motifs is 3. The Balaban J connectivity index is 1.89. The lowest BCUT2D eigenvalue weighted by atomic mass is 9.75. The molecule has 3 fully saturated rings. The monoisotopic (exact) mass is 205 g/mol. The molecule has 1 aromatic rings. The third-order valence-electron chi connectivity index (χ3n) is 3.88. The third kappa shape index (κ3) is 1.48. The number of rotatable bonds is 1. The molecule has 80 valence electrons. The Kier molecular flexibility index (Phi) is 2.06. The molecular formula is C13H16FN. The van der Waals surface area contributed by atoms with Crippen LogP contribution in [0.15, 0.2) is 24.3 Å². The van der Waals surface area contributed by atoms with E-state index in [1.165, 1.54) is 37.7 Å². The zero-order valence-corrected chi connectivity index (χ0v) is 8.80. The summed E-state index contributed by atoms with van der Waals surface area (Å²) in [6, 6.07) is 7.72. The summed E-state index contributed by atoms with van der Waals surface area (Å²) in [6.45, 7) is 0. The molecule has 1 saturated carbocycles. The molecule has 3 aliphatic rings. The molecule has 1 aliphatic carbocycles. The molecule has 4 rings (SSSR count). The average molecular weight is 205 g/mol. The molecule has 1 nitrogen and oxygen atoms in total. The summed E-state index contributed by atoms with van der Waals surface area (Å²) in [5.74, 6) is -0.139. The molecule has 0 radical (unpaired) electrons. The van der Waals surface area contributed by atoms with Gasteiger partial charge in [0, 0.05) is 11.6 Å². The van der Waals surface area contributed by atoms with Crippen LogP contribution in [-0.2, 0) is 5.54 Å². The Morgan fingerprint density at radius 3 is 2.67 bits per heavy atom. The molecule has 2 aliphatic heterocycles. The molecule has 2 bridgehead atoms. The van der Waals surface area contributed by atoms with Crippen molar-refractivity contribution < 1.29 is 4.39 Å². The molecule has 1 N–H and O–H groups in total. The molecule has 0 aromatic heterocycles. The Morgan fingerprint density at radius 1 is 1.20 bits per heavy atom. The third-order valence-corrected chi connectivity index (χ3v) is 3.88. The largest absolute Gasteiger partial charge is 0.304 e. The van der Waals surface area contributed by atoms with Gasteiger partial charge in [0.15, 0.2) is 0 Å². The molecule has 2 heteroatoms. The summed E-state index contributed by atoms with van der Waals surface area (Å²) in [7, 11) is 0. The predicted octanol–water partition coefficient (Wildman–Crippen LogP) is 2.96. The number of hydrogen-bond acceptors (Lipinski definition) is 1. The van der Waals surface area contributed by atoms with E-state index in [-0.39, 0.29) is 11.4 Å². The van der Waals surface area contributed by atoms with Crippen molar-refractivity contribution in [3.8, 4) is 0 Å². The van der Waals surface area contributed by atoms with Gasteiger partial charge >= 0.3 is 0 Å². The van der Waals surface area contributed by atoms with Crippen molar-refractivity contribution in [2.24, 2.45) is 0 Å². The fourth-order valence-electron chi connectivity index (χ4n) is 3.07. The first kappa shape index (κ1) is 9.34. The van der Waals surface area contributed by atoms with E-state index < -0.39 is 0 Å². The van der Waals surface area contributed by atoms with Crippen LogP contribution in [0.25, 0.3) is 0 Å². The lowest BCUT2D eigenvalue weighted by Crippen LogP contribution is -2.59. The number of halogens is 1. The second kappa shape index (κ2) is 3.31. The normalized spacial score (nSPS) is 34.3. The Bertz CT molecular complexity index is 346. The predicted molar refractivity (Wildman–Crippen MR) is 58.1 cm³/mol.